The molecule has 0 saturated carbocycles. The van der Waals surface area contributed by atoms with Crippen molar-refractivity contribution in [2.24, 2.45) is 22.2 Å². The highest BCUT2D eigenvalue weighted by Gasteiger charge is 2.29. The minimum absolute atomic E-state index is 0.0899. The molecule has 0 saturated heterocycles. The smallest absolute Gasteiger partial charge is 0.243 e. The van der Waals surface area contributed by atoms with Gasteiger partial charge in [0.2, 0.25) is 23.6 Å². The fourth-order valence-electron chi connectivity index (χ4n) is 5.01. The third kappa shape index (κ3) is 8.77. The third-order valence-electron chi connectivity index (χ3n) is 7.17. The molecule has 0 spiro atoms. The second kappa shape index (κ2) is 15.0. The van der Waals surface area contributed by atoms with Crippen LogP contribution in [-0.2, 0) is 32.0 Å². The van der Waals surface area contributed by atoms with Crippen LogP contribution in [0.25, 0.3) is 20.9 Å². The van der Waals surface area contributed by atoms with Crippen molar-refractivity contribution in [2.45, 2.75) is 50.7 Å². The molecule has 4 rings (SSSR count). The van der Waals surface area contributed by atoms with Crippen molar-refractivity contribution in [3.63, 3.8) is 0 Å². The summed E-state index contributed by atoms with van der Waals surface area (Å²) in [5.41, 5.74) is 18.3. The molecule has 3 atom stereocenters. The molecule has 0 aliphatic carbocycles. The number of nitrogens with two attached hydrogens (primary N) is 3. The molecule has 11 nitrogen and oxygen atoms in total. The topological polar surface area (TPSA) is 195 Å². The molecule has 12 heteroatoms. The number of nitrogens with one attached hydrogen (secondary N) is 3. The number of amides is 4. The zero-order chi connectivity index (χ0) is 31.6. The Morgan fingerprint density at radius 1 is 0.795 bits per heavy atom. The van der Waals surface area contributed by atoms with Gasteiger partial charge in [0.15, 0.2) is 5.96 Å². The Morgan fingerprint density at radius 3 is 2.20 bits per heavy atom. The maximum atomic E-state index is 13.6. The van der Waals surface area contributed by atoms with Gasteiger partial charge in [0.25, 0.3) is 0 Å². The molecular formula is C32H37N7O4S. The number of aliphatic imine (C=N–C) groups is 1. The van der Waals surface area contributed by atoms with Gasteiger partial charge in [0, 0.05) is 31.0 Å². The highest BCUT2D eigenvalue weighted by Crippen LogP contribution is 2.26. The Hall–Kier alpha value is -4.97. The second-order valence-corrected chi connectivity index (χ2v) is 11.5. The number of carbonyl (C=O) groups excluding carboxylic acids is 4. The molecule has 44 heavy (non-hydrogen) atoms. The molecule has 4 aromatic rings. The number of guanidine groups is 1. The van der Waals surface area contributed by atoms with Crippen LogP contribution in [0.15, 0.2) is 77.1 Å². The van der Waals surface area contributed by atoms with Gasteiger partial charge in [-0.25, -0.2) is 0 Å². The molecule has 1 heterocycles. The molecule has 4 amide bonds. The van der Waals surface area contributed by atoms with Crippen molar-refractivity contribution in [1.82, 2.24) is 16.0 Å². The molecule has 3 aromatic carbocycles. The normalized spacial score (nSPS) is 13.0. The van der Waals surface area contributed by atoms with Gasteiger partial charge in [-0.1, -0.05) is 60.7 Å². The fraction of sp³-hybridized carbons (Fsp3) is 0.281. The van der Waals surface area contributed by atoms with Crippen LogP contribution in [0.5, 0.6) is 0 Å². The van der Waals surface area contributed by atoms with Gasteiger partial charge in [-0.05, 0) is 51.6 Å². The molecule has 230 valence electrons. The predicted octanol–water partition coefficient (Wildman–Crippen LogP) is 1.85. The highest BCUT2D eigenvalue weighted by atomic mass is 32.1. The summed E-state index contributed by atoms with van der Waals surface area (Å²) in [5.74, 6) is -2.31. The van der Waals surface area contributed by atoms with Crippen LogP contribution in [0.4, 0.5) is 0 Å². The first-order valence-electron chi connectivity index (χ1n) is 14.3. The highest BCUT2D eigenvalue weighted by molar-refractivity contribution is 7.17. The zero-order valence-corrected chi connectivity index (χ0v) is 25.2. The Bertz CT molecular complexity index is 1680. The molecule has 0 aliphatic rings. The van der Waals surface area contributed by atoms with Crippen molar-refractivity contribution in [3.05, 3.63) is 83.2 Å². The summed E-state index contributed by atoms with van der Waals surface area (Å²) < 4.78 is 1.06. The van der Waals surface area contributed by atoms with E-state index in [1.54, 1.807) is 11.3 Å². The average molecular weight is 616 g/mol. The largest absolute Gasteiger partial charge is 0.370 e. The monoisotopic (exact) mass is 615 g/mol. The van der Waals surface area contributed by atoms with Gasteiger partial charge in [0.1, 0.15) is 18.1 Å². The van der Waals surface area contributed by atoms with Crippen molar-refractivity contribution < 1.29 is 19.2 Å². The van der Waals surface area contributed by atoms with E-state index < -0.39 is 35.8 Å². The molecule has 0 radical (unpaired) electrons. The number of hydrogen-bond acceptors (Lipinski definition) is 6. The number of hydrogen-bond donors (Lipinski definition) is 6. The van der Waals surface area contributed by atoms with Crippen molar-refractivity contribution in [2.75, 3.05) is 6.54 Å². The first-order valence-corrected chi connectivity index (χ1v) is 15.1. The Kier molecular flexibility index (Phi) is 10.9. The fourth-order valence-corrected chi connectivity index (χ4v) is 5.98. The van der Waals surface area contributed by atoms with E-state index in [9.17, 15) is 19.2 Å². The number of primary amides is 1. The van der Waals surface area contributed by atoms with Gasteiger partial charge in [-0.3, -0.25) is 24.2 Å². The lowest BCUT2D eigenvalue weighted by Gasteiger charge is -2.25. The van der Waals surface area contributed by atoms with E-state index in [4.69, 9.17) is 17.2 Å². The molecule has 1 aromatic heterocycles. The first-order chi connectivity index (χ1) is 21.1. The lowest BCUT2D eigenvalue weighted by atomic mass is 10.0. The number of nitrogens with zero attached hydrogens (tertiary/aromatic N) is 1. The zero-order valence-electron chi connectivity index (χ0n) is 24.4. The van der Waals surface area contributed by atoms with Crippen LogP contribution >= 0.6 is 11.3 Å². The summed E-state index contributed by atoms with van der Waals surface area (Å²) in [4.78, 5) is 55.6. The minimum atomic E-state index is -1.05. The number of fused-ring (bicyclic) bond motifs is 2. The molecule has 0 bridgehead atoms. The van der Waals surface area contributed by atoms with E-state index in [1.165, 1.54) is 6.92 Å². The number of thiophene rings is 1. The minimum Gasteiger partial charge on any atom is -0.370 e. The van der Waals surface area contributed by atoms with Crippen LogP contribution in [0.1, 0.15) is 30.9 Å². The molecule has 0 unspecified atom stereocenters. The number of carbonyl (C=O) groups is 4. The molecule has 0 aliphatic heterocycles. The van der Waals surface area contributed by atoms with E-state index in [0.717, 1.165) is 32.0 Å². The number of benzene rings is 3. The summed E-state index contributed by atoms with van der Waals surface area (Å²) >= 11 is 1.55. The van der Waals surface area contributed by atoms with Gasteiger partial charge in [0.05, 0.1) is 0 Å². The van der Waals surface area contributed by atoms with E-state index in [2.05, 4.69) is 20.9 Å². The first kappa shape index (κ1) is 32.0. The van der Waals surface area contributed by atoms with E-state index >= 15 is 0 Å². The molecule has 0 fully saturated rings. The lowest BCUT2D eigenvalue weighted by Crippen LogP contribution is -2.57. The Morgan fingerprint density at radius 2 is 1.48 bits per heavy atom. The molecule has 9 N–H and O–H groups in total. The van der Waals surface area contributed by atoms with Crippen LogP contribution in [0.2, 0.25) is 0 Å². The molecular weight excluding hydrogens is 578 g/mol. The Labute approximate surface area is 259 Å². The predicted molar refractivity (Wildman–Crippen MR) is 174 cm³/mol. The summed E-state index contributed by atoms with van der Waals surface area (Å²) in [5, 5.41) is 13.2. The van der Waals surface area contributed by atoms with Crippen molar-refractivity contribution >= 4 is 61.8 Å². The standard InChI is InChI=1S/C32H37N7O4S/c1-19(40)37-27(17-23-18-44-28-11-5-4-9-24(23)28)31(43)38-25(10-6-14-36-32(34)35)30(42)39-26(29(33)41)16-20-12-13-21-7-2-3-8-22(21)15-20/h2-5,7-9,11-13,15,18,25-27H,6,10,14,16-17H2,1H3,(H2,33,41)(H,37,40)(H,38,43)(H,39,42)(H4,34,35,36)/t25-,26-,27-/m0/s1. The van der Waals surface area contributed by atoms with Gasteiger partial charge in [-0.2, -0.15) is 0 Å². The van der Waals surface area contributed by atoms with Crippen LogP contribution < -0.4 is 33.2 Å². The van der Waals surface area contributed by atoms with Crippen molar-refractivity contribution in [3.8, 4) is 0 Å². The maximum Gasteiger partial charge on any atom is 0.243 e. The summed E-state index contributed by atoms with van der Waals surface area (Å²) in [7, 11) is 0. The third-order valence-corrected chi connectivity index (χ3v) is 8.18. The van der Waals surface area contributed by atoms with Crippen LogP contribution in [0, 0.1) is 0 Å². The maximum absolute atomic E-state index is 13.6. The second-order valence-electron chi connectivity index (χ2n) is 10.6. The SMILES string of the molecule is CC(=O)N[C@@H](Cc1csc2ccccc12)C(=O)N[C@@H](CCCN=C(N)N)C(=O)N[C@@H](Cc1ccc2ccccc2c1)C(N)=O. The van der Waals surface area contributed by atoms with Gasteiger partial charge >= 0.3 is 0 Å². The number of rotatable bonds is 14. The summed E-state index contributed by atoms with van der Waals surface area (Å²) in [6.45, 7) is 1.56. The van der Waals surface area contributed by atoms with Gasteiger partial charge < -0.3 is 33.2 Å². The summed E-state index contributed by atoms with van der Waals surface area (Å²) in [6, 6.07) is 18.3. The quantitative estimate of drug-likeness (QED) is 0.0711. The van der Waals surface area contributed by atoms with Crippen LogP contribution in [0.3, 0.4) is 0 Å². The van der Waals surface area contributed by atoms with E-state index in [-0.39, 0.29) is 37.7 Å². The lowest BCUT2D eigenvalue weighted by molar-refractivity contribution is -0.133. The average Bonchev–Trinajstić information content (AvgIpc) is 3.40. The van der Waals surface area contributed by atoms with E-state index in [0.29, 0.717) is 6.42 Å². The van der Waals surface area contributed by atoms with Gasteiger partial charge in [-0.15, -0.1) is 11.3 Å². The van der Waals surface area contributed by atoms with E-state index in [1.807, 2.05) is 72.1 Å². The summed E-state index contributed by atoms with van der Waals surface area (Å²) in [6.07, 6.45) is 0.927. The van der Waals surface area contributed by atoms with Crippen LogP contribution in [-0.4, -0.2) is 54.3 Å². The Balaban J connectivity index is 1.51. The van der Waals surface area contributed by atoms with Crippen molar-refractivity contribution in [1.29, 1.82) is 0 Å².